The van der Waals surface area contributed by atoms with Crippen LogP contribution >= 0.6 is 24.8 Å². The molecule has 0 nitrogen and oxygen atoms in total. The van der Waals surface area contributed by atoms with Crippen LogP contribution in [0.15, 0.2) is 68.0 Å². The van der Waals surface area contributed by atoms with Gasteiger partial charge in [-0.05, 0) is 0 Å². The number of benzene rings is 2. The third kappa shape index (κ3) is 4.18. The topological polar surface area (TPSA) is 0 Å². The molecule has 0 radical (unpaired) electrons. The molecule has 0 saturated heterocycles. The molecule has 4 heteroatoms. The van der Waals surface area contributed by atoms with Crippen LogP contribution in [0.2, 0.25) is 9.26 Å². The van der Waals surface area contributed by atoms with E-state index in [2.05, 4.69) is 107 Å². The maximum Gasteiger partial charge on any atom is -0.147 e. The largest absolute Gasteiger partial charge is 0.147 e. The zero-order valence-corrected chi connectivity index (χ0v) is 27.2. The van der Waals surface area contributed by atoms with Crippen LogP contribution in [0, 0.1) is 19.8 Å². The standard InChI is InChI=1S/C18H17.C9H13.2CH3.2ClH.H2Si.Zr/c1-12-9-10-13(2)18-16(12)11-14(3)17(18)15-7-5-4-6-8-15;1-6-5-7(2)9(4)8(6)3;;;;;;/h4-11H,1-3H3;6H,1-4H3;2*1H3;2*1H;1H2;. The molecule has 178 valence electrons. The number of hydrogen-bond acceptors (Lipinski definition) is 0. The van der Waals surface area contributed by atoms with Crippen LogP contribution in [0.3, 0.4) is 0 Å². The second-order valence-corrected chi connectivity index (χ2v) is 40.7. The Morgan fingerprint density at radius 3 is 1.79 bits per heavy atom. The van der Waals surface area contributed by atoms with Gasteiger partial charge >= 0.3 is 193 Å². The predicted octanol–water partition coefficient (Wildman–Crippen LogP) is 8.62. The Kier molecular flexibility index (Phi) is 8.16. The summed E-state index contributed by atoms with van der Waals surface area (Å²) in [5, 5.41) is 0. The van der Waals surface area contributed by atoms with Crippen LogP contribution in [-0.2, 0) is 17.4 Å². The molecule has 0 amide bonds. The molecule has 0 aliphatic heterocycles. The van der Waals surface area contributed by atoms with Gasteiger partial charge in [-0.2, -0.15) is 0 Å². The van der Waals surface area contributed by atoms with Crippen molar-refractivity contribution in [3.63, 3.8) is 0 Å². The molecule has 2 atom stereocenters. The second-order valence-electron chi connectivity index (χ2n) is 11.2. The van der Waals surface area contributed by atoms with Gasteiger partial charge in [0.15, 0.2) is 0 Å². The number of allylic oxidation sites excluding steroid dienone is 5. The Labute approximate surface area is 216 Å². The van der Waals surface area contributed by atoms with Gasteiger partial charge in [0.1, 0.15) is 0 Å². The van der Waals surface area contributed by atoms with Crippen LogP contribution in [0.1, 0.15) is 66.1 Å². The first-order valence-electron chi connectivity index (χ1n) is 11.7. The molecular formula is C29H40Cl2SiZr. The molecule has 0 spiro atoms. The van der Waals surface area contributed by atoms with Gasteiger partial charge in [0.05, 0.1) is 0 Å². The number of halogens is 2. The summed E-state index contributed by atoms with van der Waals surface area (Å²) in [5.74, 6) is 0.584. The van der Waals surface area contributed by atoms with Gasteiger partial charge in [0.25, 0.3) is 0 Å². The van der Waals surface area contributed by atoms with Crippen LogP contribution in [0.4, 0.5) is 0 Å². The van der Waals surface area contributed by atoms with Gasteiger partial charge < -0.3 is 0 Å². The van der Waals surface area contributed by atoms with Gasteiger partial charge in [-0.3, -0.25) is 0 Å². The van der Waals surface area contributed by atoms with E-state index in [4.69, 9.17) is 0 Å². The Hall–Kier alpha value is -0.660. The second kappa shape index (κ2) is 9.42. The minimum atomic E-state index is -3.43. The molecule has 2 aromatic rings. The average molecular weight is 579 g/mol. The summed E-state index contributed by atoms with van der Waals surface area (Å²) in [4.78, 5) is 0. The fraction of sp³-hybridized carbons (Fsp3) is 0.379. The van der Waals surface area contributed by atoms with E-state index in [0.29, 0.717) is 9.54 Å². The monoisotopic (exact) mass is 576 g/mol. The number of fused-ring (bicyclic) bond motifs is 1. The van der Waals surface area contributed by atoms with Gasteiger partial charge in [-0.25, -0.2) is 0 Å². The van der Waals surface area contributed by atoms with Crippen LogP contribution in [-0.4, -0.2) is 6.88 Å². The Morgan fingerprint density at radius 2 is 1.27 bits per heavy atom. The third-order valence-corrected chi connectivity index (χ3v) is 25.9. The number of hydrogen-bond donors (Lipinski definition) is 0. The van der Waals surface area contributed by atoms with E-state index >= 15 is 0 Å². The zero-order valence-electron chi connectivity index (χ0n) is 21.7. The molecule has 2 unspecified atom stereocenters. The van der Waals surface area contributed by atoms with E-state index in [1.54, 1.807) is 27.9 Å². The molecule has 0 bridgehead atoms. The molecule has 2 aliphatic carbocycles. The van der Waals surface area contributed by atoms with E-state index in [9.17, 15) is 0 Å². The molecule has 33 heavy (non-hydrogen) atoms. The Morgan fingerprint density at radius 1 is 0.727 bits per heavy atom. The van der Waals surface area contributed by atoms with Crippen LogP contribution in [0.25, 0.3) is 5.57 Å². The molecule has 2 aliphatic rings. The molecule has 0 saturated carbocycles. The molecule has 0 fully saturated rings. The molecule has 0 N–H and O–H groups in total. The third-order valence-electron chi connectivity index (χ3n) is 8.55. The van der Waals surface area contributed by atoms with Crippen molar-refractivity contribution in [3.8, 4) is 0 Å². The molecular weight excluding hydrogens is 539 g/mol. The number of rotatable bonds is 3. The smallest absolute Gasteiger partial charge is 0.147 e. The first-order valence-corrected chi connectivity index (χ1v) is 25.2. The maximum absolute atomic E-state index is 3.43. The van der Waals surface area contributed by atoms with Crippen LogP contribution < -0.4 is 0 Å². The predicted molar refractivity (Wildman–Crippen MR) is 152 cm³/mol. The quantitative estimate of drug-likeness (QED) is 0.320. The van der Waals surface area contributed by atoms with Crippen molar-refractivity contribution in [1.29, 1.82) is 0 Å². The molecule has 4 rings (SSSR count). The first kappa shape index (κ1) is 28.6. The summed E-state index contributed by atoms with van der Waals surface area (Å²) in [6, 6.07) is 15.8. The Balaban J connectivity index is 0.00000193. The van der Waals surface area contributed by atoms with Crippen molar-refractivity contribution in [2.75, 3.05) is 0 Å². The summed E-state index contributed by atoms with van der Waals surface area (Å²) in [5.41, 5.74) is 15.3. The fourth-order valence-corrected chi connectivity index (χ4v) is 28.7. The van der Waals surface area contributed by atoms with E-state index in [-0.39, 0.29) is 24.8 Å². The van der Waals surface area contributed by atoms with Gasteiger partial charge in [0.2, 0.25) is 0 Å². The normalized spacial score (nSPS) is 20.7. The van der Waals surface area contributed by atoms with Crippen molar-refractivity contribution < 1.29 is 17.4 Å². The van der Waals surface area contributed by atoms with Gasteiger partial charge in [-0.15, -0.1) is 24.8 Å². The summed E-state index contributed by atoms with van der Waals surface area (Å²) in [7, 11) is 0. The van der Waals surface area contributed by atoms with E-state index in [0.717, 1.165) is 0 Å². The number of aryl methyl sites for hydroxylation is 2. The van der Waals surface area contributed by atoms with Crippen molar-refractivity contribution in [2.24, 2.45) is 5.92 Å². The minimum absolute atomic E-state index is 0. The van der Waals surface area contributed by atoms with E-state index in [1.807, 2.05) is 3.28 Å². The Bertz CT molecular complexity index is 1270. The molecule has 0 aromatic heterocycles. The van der Waals surface area contributed by atoms with Crippen molar-refractivity contribution in [1.82, 2.24) is 0 Å². The fourth-order valence-electron chi connectivity index (χ4n) is 7.07. The van der Waals surface area contributed by atoms with Crippen molar-refractivity contribution in [2.45, 2.75) is 61.4 Å². The SMILES string of the molecule is CC1=C(C)C(C)[C]([Zr]([CH3])([CH3])(=[SiH2])[CH]2C(C)=C(c3ccccc3)c3c(C)ccc(C)c32)=C1C.Cl.Cl. The molecule has 0 heterocycles. The van der Waals surface area contributed by atoms with Gasteiger partial charge in [-0.1, -0.05) is 0 Å². The maximum atomic E-state index is 2.73. The minimum Gasteiger partial charge on any atom is -0.147 e. The first-order chi connectivity index (χ1) is 14.4. The summed E-state index contributed by atoms with van der Waals surface area (Å²) in [6.45, 7) is 19.1. The van der Waals surface area contributed by atoms with E-state index in [1.165, 1.54) is 27.8 Å². The van der Waals surface area contributed by atoms with Crippen LogP contribution in [0.5, 0.6) is 0 Å². The molecule has 2 aromatic carbocycles. The summed E-state index contributed by atoms with van der Waals surface area (Å²) < 4.78 is 7.86. The summed E-state index contributed by atoms with van der Waals surface area (Å²) in [6.07, 6.45) is 0. The van der Waals surface area contributed by atoms with Gasteiger partial charge in [0, 0.05) is 0 Å². The zero-order chi connectivity index (χ0) is 22.9. The van der Waals surface area contributed by atoms with E-state index < -0.39 is 17.4 Å². The average Bonchev–Trinajstić information content (AvgIpc) is 3.14. The van der Waals surface area contributed by atoms with Crippen molar-refractivity contribution in [3.05, 3.63) is 95.9 Å². The summed E-state index contributed by atoms with van der Waals surface area (Å²) >= 11 is -3.43. The van der Waals surface area contributed by atoms with Crippen molar-refractivity contribution >= 4 is 37.3 Å².